The minimum Gasteiger partial charge on any atom is -0.326 e. The number of hydrogen-bond donors (Lipinski definition) is 1. The van der Waals surface area contributed by atoms with Crippen LogP contribution in [0.25, 0.3) is 6.08 Å². The van der Waals surface area contributed by atoms with Crippen LogP contribution in [0.2, 0.25) is 0 Å². The molecule has 1 aromatic heterocycles. The zero-order valence-corrected chi connectivity index (χ0v) is 17.3. The van der Waals surface area contributed by atoms with Gasteiger partial charge in [-0.25, -0.2) is 0 Å². The van der Waals surface area contributed by atoms with Gasteiger partial charge in [0.15, 0.2) is 0 Å². The molecule has 2 aromatic rings. The van der Waals surface area contributed by atoms with Crippen LogP contribution >= 0.6 is 35.3 Å². The molecule has 2 amide bonds. The minimum absolute atomic E-state index is 0.0529. The molecular formula is C19H15F3N2O2S3. The van der Waals surface area contributed by atoms with E-state index in [1.807, 2.05) is 17.5 Å². The van der Waals surface area contributed by atoms with Crippen LogP contribution in [-0.2, 0) is 15.8 Å². The summed E-state index contributed by atoms with van der Waals surface area (Å²) in [6, 6.07) is 8.24. The highest BCUT2D eigenvalue weighted by Crippen LogP contribution is 2.33. The second-order valence-electron chi connectivity index (χ2n) is 6.08. The van der Waals surface area contributed by atoms with Crippen LogP contribution < -0.4 is 5.32 Å². The van der Waals surface area contributed by atoms with Gasteiger partial charge in [-0.1, -0.05) is 36.1 Å². The van der Waals surface area contributed by atoms with Crippen molar-refractivity contribution >= 4 is 63.2 Å². The molecule has 0 radical (unpaired) electrons. The summed E-state index contributed by atoms with van der Waals surface area (Å²) in [5.41, 5.74) is -0.750. The summed E-state index contributed by atoms with van der Waals surface area (Å²) < 4.78 is 38.6. The van der Waals surface area contributed by atoms with E-state index in [1.165, 1.54) is 40.1 Å². The first-order chi connectivity index (χ1) is 13.7. The Hall–Kier alpha value is -2.17. The van der Waals surface area contributed by atoms with Gasteiger partial charge in [-0.3, -0.25) is 14.5 Å². The zero-order chi connectivity index (χ0) is 21.0. The summed E-state index contributed by atoms with van der Waals surface area (Å²) in [6.45, 7) is 0.266. The molecule has 1 aromatic carbocycles. The maximum atomic E-state index is 12.7. The average molecular weight is 457 g/mol. The van der Waals surface area contributed by atoms with E-state index in [0.717, 1.165) is 17.0 Å². The summed E-state index contributed by atoms with van der Waals surface area (Å²) >= 11 is 7.97. The number of rotatable bonds is 6. The van der Waals surface area contributed by atoms with Crippen LogP contribution in [0, 0.1) is 0 Å². The molecule has 4 nitrogen and oxygen atoms in total. The van der Waals surface area contributed by atoms with Crippen molar-refractivity contribution < 1.29 is 22.8 Å². The summed E-state index contributed by atoms with van der Waals surface area (Å²) in [6.07, 6.45) is -2.30. The van der Waals surface area contributed by atoms with Crippen LogP contribution in [0.5, 0.6) is 0 Å². The number of carbonyl (C=O) groups is 2. The Morgan fingerprint density at radius 1 is 1.24 bits per heavy atom. The maximum Gasteiger partial charge on any atom is 0.416 e. The van der Waals surface area contributed by atoms with Crippen molar-refractivity contribution in [2.45, 2.75) is 19.0 Å². The highest BCUT2D eigenvalue weighted by Gasteiger charge is 2.32. The van der Waals surface area contributed by atoms with E-state index in [9.17, 15) is 22.8 Å². The number of nitrogens with one attached hydrogen (secondary N) is 1. The number of thioether (sulfide) groups is 1. The van der Waals surface area contributed by atoms with Gasteiger partial charge >= 0.3 is 6.18 Å². The number of alkyl halides is 3. The normalized spacial score (nSPS) is 16.0. The molecule has 0 spiro atoms. The number of halogens is 3. The van der Waals surface area contributed by atoms with E-state index >= 15 is 0 Å². The number of nitrogens with zero attached hydrogens (tertiary/aromatic N) is 1. The van der Waals surface area contributed by atoms with Gasteiger partial charge in [0.2, 0.25) is 5.91 Å². The smallest absolute Gasteiger partial charge is 0.326 e. The number of anilines is 1. The lowest BCUT2D eigenvalue weighted by Gasteiger charge is -2.14. The van der Waals surface area contributed by atoms with Gasteiger partial charge in [0.1, 0.15) is 4.32 Å². The SMILES string of the molecule is O=C(CCCN1C(=O)/C(=C\c2cccs2)SC1=S)Nc1cccc(C(F)(F)F)c1. The number of amides is 2. The van der Waals surface area contributed by atoms with Crippen molar-refractivity contribution in [3.63, 3.8) is 0 Å². The molecule has 1 N–H and O–H groups in total. The van der Waals surface area contributed by atoms with E-state index in [-0.39, 0.29) is 24.6 Å². The highest BCUT2D eigenvalue weighted by atomic mass is 32.2. The van der Waals surface area contributed by atoms with Gasteiger partial charge in [0.25, 0.3) is 5.91 Å². The highest BCUT2D eigenvalue weighted by molar-refractivity contribution is 8.26. The molecule has 1 fully saturated rings. The number of thiophene rings is 1. The molecule has 10 heteroatoms. The van der Waals surface area contributed by atoms with Crippen molar-refractivity contribution in [2.24, 2.45) is 0 Å². The Labute approximate surface area is 178 Å². The van der Waals surface area contributed by atoms with Crippen LogP contribution in [0.3, 0.4) is 0 Å². The lowest BCUT2D eigenvalue weighted by molar-refractivity contribution is -0.137. The third-order valence-corrected chi connectivity index (χ3v) is 6.15. The number of carbonyl (C=O) groups excluding carboxylic acids is 2. The van der Waals surface area contributed by atoms with E-state index < -0.39 is 17.6 Å². The van der Waals surface area contributed by atoms with Crippen molar-refractivity contribution in [3.8, 4) is 0 Å². The van der Waals surface area contributed by atoms with E-state index in [1.54, 1.807) is 6.08 Å². The molecule has 1 aliphatic rings. The quantitative estimate of drug-likeness (QED) is 0.468. The second kappa shape index (κ2) is 9.10. The van der Waals surface area contributed by atoms with Crippen LogP contribution in [0.1, 0.15) is 23.3 Å². The molecule has 0 atom stereocenters. The fourth-order valence-electron chi connectivity index (χ4n) is 2.59. The van der Waals surface area contributed by atoms with Crippen LogP contribution in [0.15, 0.2) is 46.7 Å². The van der Waals surface area contributed by atoms with E-state index in [0.29, 0.717) is 15.6 Å². The molecule has 0 bridgehead atoms. The largest absolute Gasteiger partial charge is 0.416 e. The fourth-order valence-corrected chi connectivity index (χ4v) is 4.62. The summed E-state index contributed by atoms with van der Waals surface area (Å²) in [5.74, 6) is -0.629. The van der Waals surface area contributed by atoms with Gasteiger partial charge in [-0.05, 0) is 42.1 Å². The molecule has 0 unspecified atom stereocenters. The first-order valence-corrected chi connectivity index (χ1v) is 10.6. The Balaban J connectivity index is 1.51. The molecular weight excluding hydrogens is 441 g/mol. The van der Waals surface area contributed by atoms with E-state index in [4.69, 9.17) is 12.2 Å². The van der Waals surface area contributed by atoms with Gasteiger partial charge in [-0.15, -0.1) is 11.3 Å². The van der Waals surface area contributed by atoms with Crippen LogP contribution in [-0.4, -0.2) is 27.6 Å². The number of thiocarbonyl (C=S) groups is 1. The second-order valence-corrected chi connectivity index (χ2v) is 8.73. The Kier molecular flexibility index (Phi) is 6.76. The predicted octanol–water partition coefficient (Wildman–Crippen LogP) is 5.39. The van der Waals surface area contributed by atoms with Gasteiger partial charge in [0, 0.05) is 23.5 Å². The third-order valence-electron chi connectivity index (χ3n) is 3.95. The van der Waals surface area contributed by atoms with Crippen molar-refractivity contribution in [1.82, 2.24) is 4.90 Å². The Bertz CT molecular complexity index is 956. The lowest BCUT2D eigenvalue weighted by Crippen LogP contribution is -2.29. The number of benzene rings is 1. The average Bonchev–Trinajstić information content (AvgIpc) is 3.25. The van der Waals surface area contributed by atoms with Crippen LogP contribution in [0.4, 0.5) is 18.9 Å². The first-order valence-electron chi connectivity index (χ1n) is 8.50. The molecule has 1 aliphatic heterocycles. The van der Waals surface area contributed by atoms with Crippen molar-refractivity contribution in [3.05, 3.63) is 57.1 Å². The van der Waals surface area contributed by atoms with Crippen molar-refractivity contribution in [2.75, 3.05) is 11.9 Å². The lowest BCUT2D eigenvalue weighted by atomic mass is 10.2. The van der Waals surface area contributed by atoms with Gasteiger partial charge < -0.3 is 5.32 Å². The van der Waals surface area contributed by atoms with Gasteiger partial charge in [-0.2, -0.15) is 13.2 Å². The Morgan fingerprint density at radius 2 is 2.03 bits per heavy atom. The predicted molar refractivity (Wildman–Crippen MR) is 114 cm³/mol. The van der Waals surface area contributed by atoms with Gasteiger partial charge in [0.05, 0.1) is 10.5 Å². The molecule has 152 valence electrons. The zero-order valence-electron chi connectivity index (χ0n) is 14.9. The first kappa shape index (κ1) is 21.5. The minimum atomic E-state index is -4.47. The molecule has 1 saturated heterocycles. The number of hydrogen-bond acceptors (Lipinski definition) is 5. The molecule has 29 heavy (non-hydrogen) atoms. The van der Waals surface area contributed by atoms with Crippen molar-refractivity contribution in [1.29, 1.82) is 0 Å². The maximum absolute atomic E-state index is 12.7. The fraction of sp³-hybridized carbons (Fsp3) is 0.211. The summed E-state index contributed by atoms with van der Waals surface area (Å²) in [7, 11) is 0. The standard InChI is InChI=1S/C19H15F3N2O2S3/c20-19(21,22)12-4-1-5-13(10-12)23-16(25)7-2-8-24-17(26)15(29-18(24)27)11-14-6-3-9-28-14/h1,3-6,9-11H,2,7-8H2,(H,23,25)/b15-11+. The van der Waals surface area contributed by atoms with E-state index in [2.05, 4.69) is 5.32 Å². The molecule has 0 aliphatic carbocycles. The summed E-state index contributed by atoms with van der Waals surface area (Å²) in [4.78, 5) is 27.5. The topological polar surface area (TPSA) is 49.4 Å². The third kappa shape index (κ3) is 5.68. The summed E-state index contributed by atoms with van der Waals surface area (Å²) in [5, 5.41) is 4.36. The molecule has 2 heterocycles. The monoisotopic (exact) mass is 456 g/mol. The molecule has 3 rings (SSSR count). The Morgan fingerprint density at radius 3 is 2.72 bits per heavy atom. The molecule has 0 saturated carbocycles.